The van der Waals surface area contributed by atoms with Gasteiger partial charge in [-0.3, -0.25) is 4.84 Å². The molecule has 3 nitrogen and oxygen atoms in total. The molecule has 1 fully saturated rings. The smallest absolute Gasteiger partial charge is 0.322 e. The Hall–Kier alpha value is -0.893. The van der Waals surface area contributed by atoms with Crippen LogP contribution in [0.3, 0.4) is 0 Å². The largest absolute Gasteiger partial charge is 0.416 e. The number of nitrogens with zero attached hydrogens (tertiary/aromatic N) is 1. The summed E-state index contributed by atoms with van der Waals surface area (Å²) in [6.45, 7) is 12.3. The maximum atomic E-state index is 12.8. The Balaban J connectivity index is 2.46. The van der Waals surface area contributed by atoms with E-state index in [-0.39, 0.29) is 5.41 Å². The van der Waals surface area contributed by atoms with Gasteiger partial charge >= 0.3 is 6.18 Å². The molecule has 0 aromatic heterocycles. The van der Waals surface area contributed by atoms with Crippen LogP contribution in [0.1, 0.15) is 58.8 Å². The fourth-order valence-electron chi connectivity index (χ4n) is 3.50. The van der Waals surface area contributed by atoms with Crippen molar-refractivity contribution in [1.82, 2.24) is 5.23 Å². The molecular weight excluding hydrogens is 335 g/mol. The zero-order valence-electron chi connectivity index (χ0n) is 14.8. The summed E-state index contributed by atoms with van der Waals surface area (Å²) in [4.78, 5) is 5.96. The minimum atomic E-state index is -4.35. The highest BCUT2D eigenvalue weighted by Crippen LogP contribution is 2.60. The van der Waals surface area contributed by atoms with Crippen LogP contribution in [-0.4, -0.2) is 21.3 Å². The lowest BCUT2D eigenvalue weighted by molar-refractivity contribution is -0.355. The van der Waals surface area contributed by atoms with Crippen molar-refractivity contribution in [1.29, 1.82) is 0 Å². The van der Waals surface area contributed by atoms with E-state index in [4.69, 9.17) is 9.36 Å². The van der Waals surface area contributed by atoms with Crippen LogP contribution in [0, 0.1) is 10.8 Å². The Bertz CT molecular complexity index is 595. The van der Waals surface area contributed by atoms with E-state index in [0.717, 1.165) is 12.1 Å². The fraction of sp³-hybridized carbons (Fsp3) is 0.647. The molecule has 1 heterocycles. The lowest BCUT2D eigenvalue weighted by Gasteiger charge is -2.50. The predicted molar refractivity (Wildman–Crippen MR) is 85.6 cm³/mol. The molecule has 2 atom stereocenters. The highest BCUT2D eigenvalue weighted by Gasteiger charge is 2.64. The van der Waals surface area contributed by atoms with Crippen LogP contribution < -0.4 is 0 Å². The third-order valence-electron chi connectivity index (χ3n) is 5.56. The maximum absolute atomic E-state index is 12.8. The number of hydrogen-bond acceptors (Lipinski definition) is 3. The summed E-state index contributed by atoms with van der Waals surface area (Å²) in [6.07, 6.45) is -4.80. The van der Waals surface area contributed by atoms with E-state index >= 15 is 0 Å². The molecule has 1 aromatic rings. The summed E-state index contributed by atoms with van der Waals surface area (Å²) in [7, 11) is 3.04. The van der Waals surface area contributed by atoms with Gasteiger partial charge in [-0.1, -0.05) is 52.0 Å². The van der Waals surface area contributed by atoms with E-state index in [1.54, 1.807) is 0 Å². The third-order valence-corrected chi connectivity index (χ3v) is 5.73. The van der Waals surface area contributed by atoms with Crippen LogP contribution in [0.25, 0.3) is 0 Å². The van der Waals surface area contributed by atoms with Crippen LogP contribution in [0.2, 0.25) is 0 Å². The molecule has 133 valence electrons. The van der Waals surface area contributed by atoms with Crippen molar-refractivity contribution < 1.29 is 22.5 Å². The average Bonchev–Trinajstić information content (AvgIpc) is 2.66. The quantitative estimate of drug-likeness (QED) is 0.706. The number of alkyl halides is 3. The lowest BCUT2D eigenvalue weighted by Crippen LogP contribution is -2.58. The van der Waals surface area contributed by atoms with Crippen LogP contribution >= 0.6 is 0 Å². The molecule has 0 N–H and O–H groups in total. The number of hydrogen-bond donors (Lipinski definition) is 0. The number of rotatable bonds is 2. The number of hydroxylamine groups is 2. The fourth-order valence-corrected chi connectivity index (χ4v) is 3.73. The summed E-state index contributed by atoms with van der Waals surface area (Å²) in [5.74, 6) is 0. The molecule has 0 spiro atoms. The first-order valence-corrected chi connectivity index (χ1v) is 8.15. The van der Waals surface area contributed by atoms with Gasteiger partial charge in [-0.05, 0) is 30.0 Å². The first-order valence-electron chi connectivity index (χ1n) is 7.74. The Morgan fingerprint density at radius 1 is 1.08 bits per heavy atom. The van der Waals surface area contributed by atoms with E-state index in [2.05, 4.69) is 31.3 Å². The van der Waals surface area contributed by atoms with Crippen molar-refractivity contribution in [2.24, 2.45) is 10.8 Å². The highest BCUT2D eigenvalue weighted by atomic mass is 28.2. The van der Waals surface area contributed by atoms with Crippen molar-refractivity contribution in [2.45, 2.75) is 59.4 Å². The molecular formula is C17H23F3NO2Si. The molecule has 2 unspecified atom stereocenters. The molecule has 1 saturated heterocycles. The van der Waals surface area contributed by atoms with Gasteiger partial charge in [0.25, 0.3) is 10.5 Å². The Morgan fingerprint density at radius 2 is 1.58 bits per heavy atom. The number of benzene rings is 1. The Kier molecular flexibility index (Phi) is 4.72. The van der Waals surface area contributed by atoms with Crippen LogP contribution in [0.15, 0.2) is 24.3 Å². The average molecular weight is 358 g/mol. The van der Waals surface area contributed by atoms with Crippen LogP contribution in [-0.2, 0) is 15.5 Å². The second-order valence-corrected chi connectivity index (χ2v) is 8.18. The summed E-state index contributed by atoms with van der Waals surface area (Å²) in [5.41, 5.74) is -1.18. The van der Waals surface area contributed by atoms with Gasteiger partial charge in [0.2, 0.25) is 0 Å². The predicted octanol–water partition coefficient (Wildman–Crippen LogP) is 4.84. The molecule has 0 amide bonds. The second kappa shape index (κ2) is 5.83. The van der Waals surface area contributed by atoms with E-state index in [0.29, 0.717) is 5.56 Å². The van der Waals surface area contributed by atoms with E-state index in [9.17, 15) is 13.2 Å². The molecule has 7 heteroatoms. The zero-order chi connectivity index (χ0) is 18.6. The first kappa shape index (κ1) is 19.4. The first-order chi connectivity index (χ1) is 10.8. The van der Waals surface area contributed by atoms with Gasteiger partial charge in [0.15, 0.2) is 0 Å². The van der Waals surface area contributed by atoms with Crippen LogP contribution in [0.4, 0.5) is 13.2 Å². The Morgan fingerprint density at radius 3 is 1.92 bits per heavy atom. The lowest BCUT2D eigenvalue weighted by atomic mass is 9.58. The Labute approximate surface area is 144 Å². The van der Waals surface area contributed by atoms with Crippen molar-refractivity contribution in [3.8, 4) is 0 Å². The minimum Gasteiger partial charge on any atom is -0.322 e. The van der Waals surface area contributed by atoms with Gasteiger partial charge in [-0.15, -0.1) is 0 Å². The molecule has 2 rings (SSSR count). The van der Waals surface area contributed by atoms with Crippen molar-refractivity contribution >= 4 is 10.5 Å². The summed E-state index contributed by atoms with van der Waals surface area (Å²) >= 11 is 0. The van der Waals surface area contributed by atoms with E-state index in [1.807, 2.05) is 20.8 Å². The number of halogens is 3. The molecule has 1 aliphatic rings. The third kappa shape index (κ3) is 2.81. The molecule has 24 heavy (non-hydrogen) atoms. The van der Waals surface area contributed by atoms with Crippen molar-refractivity contribution in [3.63, 3.8) is 0 Å². The van der Waals surface area contributed by atoms with Gasteiger partial charge in [0.05, 0.1) is 11.1 Å². The van der Waals surface area contributed by atoms with Crippen molar-refractivity contribution in [2.75, 3.05) is 0 Å². The van der Waals surface area contributed by atoms with E-state index < -0.39 is 28.8 Å². The van der Waals surface area contributed by atoms with Gasteiger partial charge < -0.3 is 4.53 Å². The summed E-state index contributed by atoms with van der Waals surface area (Å²) < 4.78 is 43.6. The SMILES string of the molecule is CC(C)(C)C1(C)N(O[Si])OC(c2ccc(C(F)(F)F)cc2)C1(C)C. The highest BCUT2D eigenvalue weighted by molar-refractivity contribution is 5.97. The van der Waals surface area contributed by atoms with E-state index in [1.165, 1.54) is 17.4 Å². The normalized spacial score (nSPS) is 28.3. The summed E-state index contributed by atoms with van der Waals surface area (Å²) in [5, 5.41) is 1.41. The van der Waals surface area contributed by atoms with Gasteiger partial charge in [-0.25, -0.2) is 0 Å². The minimum absolute atomic E-state index is 0.218. The van der Waals surface area contributed by atoms with Gasteiger partial charge in [0.1, 0.15) is 6.10 Å². The zero-order valence-corrected chi connectivity index (χ0v) is 15.8. The molecule has 0 saturated carbocycles. The van der Waals surface area contributed by atoms with Gasteiger partial charge in [0, 0.05) is 5.41 Å². The molecule has 1 aliphatic heterocycles. The monoisotopic (exact) mass is 358 g/mol. The summed E-state index contributed by atoms with van der Waals surface area (Å²) in [6, 6.07) is 5.10. The standard InChI is InChI=1S/C17H23F3NO2Si/c1-14(2,3)16(6)15(4,5)13(22-21(16)23-24)11-7-9-12(10-8-11)17(18,19)20/h7-10,13H,1-6H3. The van der Waals surface area contributed by atoms with Crippen LogP contribution in [0.5, 0.6) is 0 Å². The molecule has 0 bridgehead atoms. The molecule has 0 aliphatic carbocycles. The second-order valence-electron chi connectivity index (χ2n) is 8.00. The molecule has 3 radical (unpaired) electrons. The maximum Gasteiger partial charge on any atom is 0.416 e. The molecule has 1 aromatic carbocycles. The topological polar surface area (TPSA) is 21.7 Å². The van der Waals surface area contributed by atoms with Gasteiger partial charge in [-0.2, -0.15) is 13.2 Å². The van der Waals surface area contributed by atoms with Crippen molar-refractivity contribution in [3.05, 3.63) is 35.4 Å².